The average molecular weight is 240 g/mol. The molecule has 0 spiro atoms. The summed E-state index contributed by atoms with van der Waals surface area (Å²) in [5, 5.41) is 12.9. The lowest BCUT2D eigenvalue weighted by Gasteiger charge is -2.03. The van der Waals surface area contributed by atoms with Gasteiger partial charge in [0.2, 0.25) is 0 Å². The van der Waals surface area contributed by atoms with E-state index in [1.54, 1.807) is 0 Å². The van der Waals surface area contributed by atoms with Crippen molar-refractivity contribution in [2.45, 2.75) is 25.8 Å². The van der Waals surface area contributed by atoms with Crippen LogP contribution < -0.4 is 5.32 Å². The van der Waals surface area contributed by atoms with E-state index in [1.807, 2.05) is 0 Å². The van der Waals surface area contributed by atoms with Gasteiger partial charge in [0.15, 0.2) is 11.5 Å². The van der Waals surface area contributed by atoms with Gasteiger partial charge >= 0.3 is 5.97 Å². The summed E-state index contributed by atoms with van der Waals surface area (Å²) in [5.41, 5.74) is -0.110. The Balaban J connectivity index is 2.37. The second kappa shape index (κ2) is 4.31. The Morgan fingerprint density at radius 3 is 2.75 bits per heavy atom. The summed E-state index contributed by atoms with van der Waals surface area (Å²) in [4.78, 5) is 26.5. The third kappa shape index (κ3) is 1.98. The van der Waals surface area contributed by atoms with Gasteiger partial charge in [-0.05, 0) is 19.4 Å². The van der Waals surface area contributed by atoms with Crippen molar-refractivity contribution in [3.05, 3.63) is 15.6 Å². The van der Waals surface area contributed by atoms with Crippen LogP contribution in [0.5, 0.6) is 0 Å². The Morgan fingerprint density at radius 1 is 1.56 bits per heavy atom. The van der Waals surface area contributed by atoms with Gasteiger partial charge in [0.05, 0.1) is 6.04 Å². The average Bonchev–Trinajstić information content (AvgIpc) is 2.86. The highest BCUT2D eigenvalue weighted by atomic mass is 32.1. The third-order valence-electron chi connectivity index (χ3n) is 2.52. The summed E-state index contributed by atoms with van der Waals surface area (Å²) < 4.78 is 0. The van der Waals surface area contributed by atoms with E-state index in [1.165, 1.54) is 18.3 Å². The summed E-state index contributed by atoms with van der Waals surface area (Å²) in [6.45, 7) is 2.29. The largest absolute Gasteiger partial charge is 0.476 e. The first-order chi connectivity index (χ1) is 7.59. The van der Waals surface area contributed by atoms with E-state index in [-0.39, 0.29) is 22.4 Å². The number of nitrogens with zero attached hydrogens (tertiary/aromatic N) is 1. The Labute approximate surface area is 96.5 Å². The number of hydrogen-bond donors (Lipinski definition) is 2. The number of carboxylic acid groups (broad SMARTS) is 1. The first kappa shape index (κ1) is 11.2. The van der Waals surface area contributed by atoms with Crippen molar-refractivity contribution in [3.8, 4) is 0 Å². The second-order valence-electron chi connectivity index (χ2n) is 3.74. The number of hydrogen-bond acceptors (Lipinski definition) is 5. The van der Waals surface area contributed by atoms with Crippen LogP contribution in [-0.2, 0) is 0 Å². The molecule has 0 amide bonds. The predicted octanol–water partition coefficient (Wildman–Crippen LogP) is 1.47. The molecule has 0 saturated carbocycles. The number of carbonyl (C=O) groups excluding carboxylic acids is 1. The van der Waals surface area contributed by atoms with Gasteiger partial charge in [-0.3, -0.25) is 4.79 Å². The molecule has 1 aromatic heterocycles. The van der Waals surface area contributed by atoms with Crippen molar-refractivity contribution < 1.29 is 14.7 Å². The standard InChI is InChI=1S/C10H12N2O3S/c1-5(13)8-7(10(14)15)12-9(16-8)6-3-2-4-11-6/h6,11H,2-4H2,1H3,(H,14,15). The molecule has 2 heterocycles. The quantitative estimate of drug-likeness (QED) is 0.782. The van der Waals surface area contributed by atoms with Gasteiger partial charge in [-0.15, -0.1) is 11.3 Å². The van der Waals surface area contributed by atoms with Crippen LogP contribution in [0.4, 0.5) is 0 Å². The number of aromatic nitrogens is 1. The number of nitrogens with one attached hydrogen (secondary N) is 1. The molecule has 1 atom stereocenters. The van der Waals surface area contributed by atoms with E-state index in [2.05, 4.69) is 10.3 Å². The van der Waals surface area contributed by atoms with Crippen LogP contribution in [0, 0.1) is 0 Å². The van der Waals surface area contributed by atoms with Crippen LogP contribution in [0.1, 0.15) is 51.0 Å². The fourth-order valence-corrected chi connectivity index (χ4v) is 2.83. The van der Waals surface area contributed by atoms with Crippen molar-refractivity contribution in [1.29, 1.82) is 0 Å². The normalized spacial score (nSPS) is 19.9. The summed E-state index contributed by atoms with van der Waals surface area (Å²) in [5.74, 6) is -1.37. The van der Waals surface area contributed by atoms with Gasteiger partial charge < -0.3 is 10.4 Å². The van der Waals surface area contributed by atoms with E-state index in [9.17, 15) is 9.59 Å². The maximum atomic E-state index is 11.3. The number of Topliss-reactive ketones (excluding diaryl/α,β-unsaturated/α-hetero) is 1. The van der Waals surface area contributed by atoms with Crippen LogP contribution in [0.15, 0.2) is 0 Å². The van der Waals surface area contributed by atoms with Crippen LogP contribution in [-0.4, -0.2) is 28.4 Å². The molecule has 86 valence electrons. The van der Waals surface area contributed by atoms with Crippen molar-refractivity contribution in [3.63, 3.8) is 0 Å². The molecule has 0 aliphatic carbocycles. The van der Waals surface area contributed by atoms with Crippen LogP contribution >= 0.6 is 11.3 Å². The lowest BCUT2D eigenvalue weighted by molar-refractivity contribution is 0.0686. The zero-order chi connectivity index (χ0) is 11.7. The molecule has 6 heteroatoms. The first-order valence-corrected chi connectivity index (χ1v) is 5.89. The predicted molar refractivity (Wildman–Crippen MR) is 59.1 cm³/mol. The van der Waals surface area contributed by atoms with Gasteiger partial charge in [-0.25, -0.2) is 9.78 Å². The van der Waals surface area contributed by atoms with Gasteiger partial charge in [0.1, 0.15) is 9.88 Å². The number of ketones is 1. The smallest absolute Gasteiger partial charge is 0.356 e. The SMILES string of the molecule is CC(=O)c1sc(C2CCCN2)nc1C(=O)O. The molecule has 2 rings (SSSR count). The van der Waals surface area contributed by atoms with Crippen LogP contribution in [0.25, 0.3) is 0 Å². The molecular formula is C10H12N2O3S. The lowest BCUT2D eigenvalue weighted by atomic mass is 10.2. The molecule has 1 unspecified atom stereocenters. The molecule has 0 bridgehead atoms. The highest BCUT2D eigenvalue weighted by Crippen LogP contribution is 2.29. The minimum absolute atomic E-state index is 0.108. The van der Waals surface area contributed by atoms with Crippen molar-refractivity contribution >= 4 is 23.1 Å². The van der Waals surface area contributed by atoms with Crippen molar-refractivity contribution in [1.82, 2.24) is 10.3 Å². The van der Waals surface area contributed by atoms with Gasteiger partial charge in [-0.2, -0.15) is 0 Å². The number of rotatable bonds is 3. The molecule has 16 heavy (non-hydrogen) atoms. The molecule has 1 fully saturated rings. The van der Waals surface area contributed by atoms with E-state index in [0.29, 0.717) is 5.01 Å². The molecule has 5 nitrogen and oxygen atoms in total. The summed E-state index contributed by atoms with van der Waals surface area (Å²) >= 11 is 1.19. The monoisotopic (exact) mass is 240 g/mol. The van der Waals surface area contributed by atoms with Gasteiger partial charge in [0, 0.05) is 6.92 Å². The number of carboxylic acids is 1. The molecule has 1 aromatic rings. The maximum Gasteiger partial charge on any atom is 0.356 e. The molecular weight excluding hydrogens is 228 g/mol. The molecule has 1 saturated heterocycles. The number of thiazole rings is 1. The van der Waals surface area contributed by atoms with Crippen LogP contribution in [0.2, 0.25) is 0 Å². The van der Waals surface area contributed by atoms with E-state index in [4.69, 9.17) is 5.11 Å². The second-order valence-corrected chi connectivity index (χ2v) is 4.77. The van der Waals surface area contributed by atoms with Gasteiger partial charge in [0.25, 0.3) is 0 Å². The first-order valence-electron chi connectivity index (χ1n) is 5.08. The number of carbonyl (C=O) groups is 2. The fraction of sp³-hybridized carbons (Fsp3) is 0.500. The minimum Gasteiger partial charge on any atom is -0.476 e. The molecule has 2 N–H and O–H groups in total. The lowest BCUT2D eigenvalue weighted by Crippen LogP contribution is -2.12. The van der Waals surface area contributed by atoms with E-state index in [0.717, 1.165) is 19.4 Å². The zero-order valence-corrected chi connectivity index (χ0v) is 9.63. The zero-order valence-electron chi connectivity index (χ0n) is 8.82. The summed E-state index contributed by atoms with van der Waals surface area (Å²) in [6.07, 6.45) is 2.01. The Kier molecular flexibility index (Phi) is 3.02. The number of aromatic carboxylic acids is 1. The fourth-order valence-electron chi connectivity index (χ4n) is 1.76. The van der Waals surface area contributed by atoms with Crippen LogP contribution in [0.3, 0.4) is 0 Å². The Hall–Kier alpha value is -1.27. The Bertz CT molecular complexity index is 404. The molecule has 0 aromatic carbocycles. The molecule has 1 aliphatic rings. The topological polar surface area (TPSA) is 79.3 Å². The Morgan fingerprint density at radius 2 is 2.31 bits per heavy atom. The van der Waals surface area contributed by atoms with Gasteiger partial charge in [-0.1, -0.05) is 0 Å². The summed E-state index contributed by atoms with van der Waals surface area (Å²) in [7, 11) is 0. The summed E-state index contributed by atoms with van der Waals surface area (Å²) in [6, 6.07) is 0.108. The van der Waals surface area contributed by atoms with E-state index < -0.39 is 5.97 Å². The minimum atomic E-state index is -1.13. The van der Waals surface area contributed by atoms with Crippen molar-refractivity contribution in [2.75, 3.05) is 6.54 Å². The third-order valence-corrected chi connectivity index (χ3v) is 3.79. The van der Waals surface area contributed by atoms with Crippen molar-refractivity contribution in [2.24, 2.45) is 0 Å². The highest BCUT2D eigenvalue weighted by molar-refractivity contribution is 7.14. The molecule has 0 radical (unpaired) electrons. The van der Waals surface area contributed by atoms with E-state index >= 15 is 0 Å². The highest BCUT2D eigenvalue weighted by Gasteiger charge is 2.26. The maximum absolute atomic E-state index is 11.3. The molecule has 1 aliphatic heterocycles.